The first-order valence-corrected chi connectivity index (χ1v) is 7.73. The van der Waals surface area contributed by atoms with Crippen molar-refractivity contribution in [2.45, 2.75) is 30.9 Å². The van der Waals surface area contributed by atoms with Crippen LogP contribution in [0.2, 0.25) is 5.02 Å². The largest absolute Gasteiger partial charge is 0.325 e. The van der Waals surface area contributed by atoms with Crippen molar-refractivity contribution in [1.29, 1.82) is 5.26 Å². The van der Waals surface area contributed by atoms with Crippen LogP contribution < -0.4 is 5.32 Å². The molecule has 1 aromatic carbocycles. The molecule has 3 nitrogen and oxygen atoms in total. The molecule has 1 aliphatic carbocycles. The average Bonchev–Trinajstić information content (AvgIpc) is 2.90. The third-order valence-corrected chi connectivity index (χ3v) is 4.81. The number of amides is 1. The smallest absolute Gasteiger partial charge is 0.234 e. The van der Waals surface area contributed by atoms with Gasteiger partial charge in [0, 0.05) is 10.9 Å². The summed E-state index contributed by atoms with van der Waals surface area (Å²) in [5.74, 6) is 0.458. The Morgan fingerprint density at radius 2 is 2.21 bits per heavy atom. The molecule has 1 aromatic rings. The summed E-state index contributed by atoms with van der Waals surface area (Å²) in [5.41, 5.74) is 1.06. The molecule has 100 valence electrons. The van der Waals surface area contributed by atoms with Gasteiger partial charge in [0.05, 0.1) is 16.3 Å². The van der Waals surface area contributed by atoms with Crippen LogP contribution in [0.25, 0.3) is 0 Å². The van der Waals surface area contributed by atoms with Crippen molar-refractivity contribution in [3.63, 3.8) is 0 Å². The highest BCUT2D eigenvalue weighted by Gasteiger charge is 2.16. The predicted octanol–water partition coefficient (Wildman–Crippen LogP) is 3.83. The molecule has 0 radical (unpaired) electrons. The summed E-state index contributed by atoms with van der Waals surface area (Å²) in [7, 11) is 0. The number of benzene rings is 1. The molecule has 1 aliphatic rings. The molecule has 1 amide bonds. The molecule has 1 saturated carbocycles. The van der Waals surface area contributed by atoms with Crippen LogP contribution in [0.15, 0.2) is 18.2 Å². The summed E-state index contributed by atoms with van der Waals surface area (Å²) < 4.78 is 0. The lowest BCUT2D eigenvalue weighted by atomic mass is 10.2. The lowest BCUT2D eigenvalue weighted by molar-refractivity contribution is -0.113. The van der Waals surface area contributed by atoms with Crippen LogP contribution >= 0.6 is 23.4 Å². The highest BCUT2D eigenvalue weighted by molar-refractivity contribution is 8.00. The van der Waals surface area contributed by atoms with Crippen molar-refractivity contribution in [1.82, 2.24) is 0 Å². The second kappa shape index (κ2) is 6.83. The van der Waals surface area contributed by atoms with Gasteiger partial charge in [0.25, 0.3) is 0 Å². The van der Waals surface area contributed by atoms with Crippen molar-refractivity contribution in [3.8, 4) is 6.07 Å². The van der Waals surface area contributed by atoms with E-state index in [0.29, 0.717) is 27.3 Å². The molecule has 0 aliphatic heterocycles. The molecule has 5 heteroatoms. The SMILES string of the molecule is N#Cc1ccc(NC(=O)CSC2CCCC2)cc1Cl. The van der Waals surface area contributed by atoms with E-state index in [0.717, 1.165) is 0 Å². The molecule has 2 rings (SSSR count). The summed E-state index contributed by atoms with van der Waals surface area (Å²) in [5, 5.41) is 12.6. The maximum atomic E-state index is 11.8. The fourth-order valence-corrected chi connectivity index (χ4v) is 3.48. The Hall–Kier alpha value is -1.18. The first kappa shape index (κ1) is 14.2. The van der Waals surface area contributed by atoms with Crippen molar-refractivity contribution in [2.75, 3.05) is 11.1 Å². The molecular weight excluding hydrogens is 280 g/mol. The van der Waals surface area contributed by atoms with Crippen LogP contribution in [0, 0.1) is 11.3 Å². The van der Waals surface area contributed by atoms with Crippen molar-refractivity contribution < 1.29 is 4.79 Å². The van der Waals surface area contributed by atoms with Gasteiger partial charge >= 0.3 is 0 Å². The van der Waals surface area contributed by atoms with E-state index >= 15 is 0 Å². The van der Waals surface area contributed by atoms with Gasteiger partial charge in [-0.25, -0.2) is 0 Å². The quantitative estimate of drug-likeness (QED) is 0.918. The Morgan fingerprint density at radius 1 is 1.47 bits per heavy atom. The third-order valence-electron chi connectivity index (χ3n) is 3.13. The summed E-state index contributed by atoms with van der Waals surface area (Å²) in [4.78, 5) is 11.8. The molecule has 1 fully saturated rings. The standard InChI is InChI=1S/C14H15ClN2OS/c15-13-7-11(6-5-10(13)8-16)17-14(18)9-19-12-3-1-2-4-12/h5-7,12H,1-4,9H2,(H,17,18). The number of rotatable bonds is 4. The van der Waals surface area contributed by atoms with Crippen molar-refractivity contribution in [3.05, 3.63) is 28.8 Å². The molecular formula is C14H15ClN2OS. The first-order valence-electron chi connectivity index (χ1n) is 6.30. The van der Waals surface area contributed by atoms with Crippen LogP contribution in [0.1, 0.15) is 31.2 Å². The van der Waals surface area contributed by atoms with Crippen LogP contribution in [0.4, 0.5) is 5.69 Å². The number of hydrogen-bond acceptors (Lipinski definition) is 3. The molecule has 19 heavy (non-hydrogen) atoms. The van der Waals surface area contributed by atoms with Gasteiger partial charge < -0.3 is 5.32 Å². The molecule has 1 N–H and O–H groups in total. The third kappa shape index (κ3) is 4.15. The zero-order valence-electron chi connectivity index (χ0n) is 10.5. The summed E-state index contributed by atoms with van der Waals surface area (Å²) in [6, 6.07) is 6.91. The topological polar surface area (TPSA) is 52.9 Å². The van der Waals surface area contributed by atoms with Gasteiger partial charge in [-0.1, -0.05) is 24.4 Å². The Morgan fingerprint density at radius 3 is 2.84 bits per heavy atom. The van der Waals surface area contributed by atoms with Gasteiger partial charge in [-0.15, -0.1) is 11.8 Å². The minimum absolute atomic E-state index is 0.0160. The van der Waals surface area contributed by atoms with Crippen LogP contribution in [0.3, 0.4) is 0 Å². The minimum atomic E-state index is -0.0160. The predicted molar refractivity (Wildman–Crippen MR) is 79.5 cm³/mol. The van der Waals surface area contributed by atoms with Gasteiger partial charge in [0.1, 0.15) is 6.07 Å². The van der Waals surface area contributed by atoms with Gasteiger partial charge in [-0.3, -0.25) is 4.79 Å². The maximum Gasteiger partial charge on any atom is 0.234 e. The molecule has 0 saturated heterocycles. The van der Waals surface area contributed by atoms with Crippen molar-refractivity contribution >= 4 is 35.0 Å². The fourth-order valence-electron chi connectivity index (χ4n) is 2.13. The zero-order valence-corrected chi connectivity index (χ0v) is 12.1. The Bertz CT molecular complexity index is 507. The number of halogens is 1. The second-order valence-corrected chi connectivity index (χ2v) is 6.27. The van der Waals surface area contributed by atoms with E-state index in [2.05, 4.69) is 5.32 Å². The summed E-state index contributed by atoms with van der Waals surface area (Å²) in [6.45, 7) is 0. The number of anilines is 1. The lowest BCUT2D eigenvalue weighted by Gasteiger charge is -2.09. The Labute approximate surface area is 122 Å². The molecule has 0 unspecified atom stereocenters. The molecule has 0 aromatic heterocycles. The van der Waals surface area contributed by atoms with Crippen LogP contribution in [-0.2, 0) is 4.79 Å². The number of nitrogens with zero attached hydrogens (tertiary/aromatic N) is 1. The Balaban J connectivity index is 1.84. The lowest BCUT2D eigenvalue weighted by Crippen LogP contribution is -2.15. The van der Waals surface area contributed by atoms with E-state index in [1.165, 1.54) is 25.7 Å². The van der Waals surface area contributed by atoms with Gasteiger partial charge in [-0.05, 0) is 31.0 Å². The van der Waals surface area contributed by atoms with Crippen molar-refractivity contribution in [2.24, 2.45) is 0 Å². The van der Waals surface area contributed by atoms with E-state index in [-0.39, 0.29) is 5.91 Å². The number of thioether (sulfide) groups is 1. The fraction of sp³-hybridized carbons (Fsp3) is 0.429. The van der Waals surface area contributed by atoms with Gasteiger partial charge in [0.2, 0.25) is 5.91 Å². The monoisotopic (exact) mass is 294 g/mol. The van der Waals surface area contributed by atoms with E-state index in [1.807, 2.05) is 6.07 Å². The maximum absolute atomic E-state index is 11.8. The minimum Gasteiger partial charge on any atom is -0.325 e. The first-order chi connectivity index (χ1) is 9.19. The molecule has 0 heterocycles. The highest BCUT2D eigenvalue weighted by Crippen LogP contribution is 2.29. The average molecular weight is 295 g/mol. The van der Waals surface area contributed by atoms with Gasteiger partial charge in [0.15, 0.2) is 0 Å². The number of hydrogen-bond donors (Lipinski definition) is 1. The number of carbonyl (C=O) groups is 1. The normalized spacial score (nSPS) is 15.2. The second-order valence-electron chi connectivity index (χ2n) is 4.57. The van der Waals surface area contributed by atoms with Gasteiger partial charge in [-0.2, -0.15) is 5.26 Å². The van der Waals surface area contributed by atoms with Crippen LogP contribution in [-0.4, -0.2) is 16.9 Å². The van der Waals surface area contributed by atoms with E-state index < -0.39 is 0 Å². The molecule has 0 bridgehead atoms. The van der Waals surface area contributed by atoms with E-state index in [1.54, 1.807) is 30.0 Å². The van der Waals surface area contributed by atoms with Crippen LogP contribution in [0.5, 0.6) is 0 Å². The Kier molecular flexibility index (Phi) is 5.12. The molecule has 0 spiro atoms. The number of carbonyl (C=O) groups excluding carboxylic acids is 1. The summed E-state index contributed by atoms with van der Waals surface area (Å²) in [6.07, 6.45) is 5.01. The number of nitrogens with one attached hydrogen (secondary N) is 1. The highest BCUT2D eigenvalue weighted by atomic mass is 35.5. The van der Waals surface area contributed by atoms with E-state index in [4.69, 9.17) is 16.9 Å². The molecule has 0 atom stereocenters. The summed E-state index contributed by atoms with van der Waals surface area (Å²) >= 11 is 7.64. The number of nitriles is 1. The van der Waals surface area contributed by atoms with E-state index in [9.17, 15) is 4.79 Å². The zero-order chi connectivity index (χ0) is 13.7.